The van der Waals surface area contributed by atoms with Crippen molar-refractivity contribution in [3.8, 4) is 17.5 Å². The zero-order valence-electron chi connectivity index (χ0n) is 80.6. The Kier molecular flexibility index (Phi) is 29.7. The minimum absolute atomic E-state index is 0.00191. The third kappa shape index (κ3) is 22.3. The third-order valence-electron chi connectivity index (χ3n) is 25.2. The fourth-order valence-corrected chi connectivity index (χ4v) is 18.2. The predicted molar refractivity (Wildman–Crippen MR) is 530 cm³/mol. The number of nitrogens with one attached hydrogen (secondary N) is 1. The standard InChI is InChI=1S/C28H26F2N4O3.C27H23F3N4O4.C27H24N6O4.C25H21F2N3O5S/c1-17-5-14-22(32-31-17)34-24(18-6-10-20(11-7-18)28(2,29)30)23(26(36)27(34)37)25(35)19-8-12-21(13-9-19)33-15-3-4-16-33;1-16-4-13-21(32-31-16)34-23(17-7-11-20(12-8-17)38-27(28,29)30)22(25(36)26(34)37)24(35)18-5-9-19(10-6-18)33-14-2-3-15-33;1-15(2)17-5-7-19(8-6-17)24(34)22-23(18-9-11-20(12-10-18)37-27-28-14-29-32-27)33(26(36)25(22)35)21-13-4-16(3)30-31-21;1-14-4-13-19(29-28-14)30-21(15-5-9-17(10-6-15)25(2,26)27)20(23(32)24(30)33)22(31)16-7-11-18(12-8-16)36(3,34)35/h5-14,24,35H,3-4,15-16H2,1-2H3;4-13,23,35H,2-3,14-15H2,1H3;4-15,23,34H,1-3H3,(H,28,29,32);4-13,21,31H,1-3H3. The Morgan fingerprint density at radius 1 is 0.372 bits per heavy atom. The van der Waals surface area contributed by atoms with Crippen LogP contribution in [0.25, 0.3) is 23.0 Å². The van der Waals surface area contributed by atoms with E-state index in [1.54, 1.807) is 125 Å². The average Bonchev–Trinajstić information content (AvgIpc) is 1.61. The van der Waals surface area contributed by atoms with E-state index in [0.29, 0.717) is 62.3 Å². The van der Waals surface area contributed by atoms with Crippen molar-refractivity contribution in [2.75, 3.05) is 61.8 Å². The van der Waals surface area contributed by atoms with Crippen LogP contribution in [0.2, 0.25) is 0 Å². The van der Waals surface area contributed by atoms with Crippen molar-refractivity contribution in [3.63, 3.8) is 0 Å². The Labute approximate surface area is 842 Å². The first-order chi connectivity index (χ1) is 70.4. The fourth-order valence-electron chi connectivity index (χ4n) is 17.6. The molecule has 41 heteroatoms. The van der Waals surface area contributed by atoms with Crippen LogP contribution in [0, 0.1) is 27.7 Å². The molecule has 0 bridgehead atoms. The van der Waals surface area contributed by atoms with E-state index < -0.39 is 116 Å². The molecule has 0 saturated carbocycles. The molecule has 6 saturated heterocycles. The van der Waals surface area contributed by atoms with Crippen LogP contribution in [0.5, 0.6) is 17.5 Å². The van der Waals surface area contributed by atoms with Crippen LogP contribution in [0.15, 0.2) is 276 Å². The second-order valence-corrected chi connectivity index (χ2v) is 38.0. The molecule has 5 N–H and O–H groups in total. The number of nitrogens with zero attached hydrogens (tertiary/aromatic N) is 16. The van der Waals surface area contributed by atoms with Crippen LogP contribution in [-0.2, 0) is 60.0 Å². The normalized spacial score (nSPS) is 18.5. The number of benzene rings is 8. The number of ketones is 4. The topological polar surface area (TPSA) is 434 Å². The second kappa shape index (κ2) is 42.5. The highest BCUT2D eigenvalue weighted by molar-refractivity contribution is 7.90. The minimum atomic E-state index is -4.88. The summed E-state index contributed by atoms with van der Waals surface area (Å²) in [5.41, 5.74) is 7.07. The van der Waals surface area contributed by atoms with Gasteiger partial charge in [-0.15, -0.1) is 33.6 Å². The van der Waals surface area contributed by atoms with Gasteiger partial charge in [-0.1, -0.05) is 111 Å². The van der Waals surface area contributed by atoms with Crippen molar-refractivity contribution in [1.29, 1.82) is 0 Å². The van der Waals surface area contributed by atoms with E-state index in [1.807, 2.05) is 36.4 Å². The first-order valence-electron chi connectivity index (χ1n) is 46.4. The van der Waals surface area contributed by atoms with Gasteiger partial charge >= 0.3 is 36.0 Å². The van der Waals surface area contributed by atoms with E-state index in [1.165, 1.54) is 108 Å². The van der Waals surface area contributed by atoms with Crippen LogP contribution in [0.4, 0.5) is 65.4 Å². The van der Waals surface area contributed by atoms with Crippen LogP contribution >= 0.6 is 0 Å². The number of sulfone groups is 1. The highest BCUT2D eigenvalue weighted by Crippen LogP contribution is 2.49. The van der Waals surface area contributed by atoms with Gasteiger partial charge in [-0.3, -0.25) is 58.0 Å². The van der Waals surface area contributed by atoms with Gasteiger partial charge in [0.2, 0.25) is 0 Å². The summed E-state index contributed by atoms with van der Waals surface area (Å²) in [4.78, 5) is 119. The maximum absolute atomic E-state index is 13.8. The SMILES string of the molecule is Cc1ccc(N2C(=O)C(=O)C(=C(O)c3ccc(C(C)C)cc3)C2c2ccc(Oc3ncn[nH]3)cc2)nn1.Cc1ccc(N2C(=O)C(=O)C(=C(O)c3ccc(N4CCCC4)cc3)C2c2ccc(C(C)(F)F)cc2)nn1.Cc1ccc(N2C(=O)C(=O)C(=C(O)c3ccc(N4CCCC4)cc3)C2c2ccc(OC(F)(F)F)cc2)nn1.Cc1ccc(N2C(=O)C(=O)C(=C(O)c3ccc(S(C)(=O)=O)cc3)C2c2ccc(C(C)(F)F)cc2)nn1. The molecule has 0 radical (unpaired) electrons. The number of Topliss-reactive ketones (excluding diaryl/α,β-unsaturated/α-hetero) is 4. The number of aromatic nitrogens is 11. The van der Waals surface area contributed by atoms with Crippen molar-refractivity contribution < 1.29 is 107 Å². The van der Waals surface area contributed by atoms with Crippen molar-refractivity contribution in [2.45, 2.75) is 134 Å². The molecule has 6 fully saturated rings. The molecule has 4 amide bonds. The molecule has 758 valence electrons. The smallest absolute Gasteiger partial charge is 0.507 e. The molecule has 0 spiro atoms. The summed E-state index contributed by atoms with van der Waals surface area (Å²) >= 11 is 0. The Balaban J connectivity index is 0.000000141. The molecular formula is C107H94F7N17O16S. The Hall–Kier alpha value is -17.4. The first kappa shape index (κ1) is 103. The summed E-state index contributed by atoms with van der Waals surface area (Å²) in [6, 6.07) is 57.1. The van der Waals surface area contributed by atoms with Crippen LogP contribution in [-0.4, -0.2) is 170 Å². The molecule has 4 unspecified atom stereocenters. The number of anilines is 6. The van der Waals surface area contributed by atoms with E-state index in [4.69, 9.17) is 4.74 Å². The van der Waals surface area contributed by atoms with Crippen molar-refractivity contribution >= 4 is 114 Å². The summed E-state index contributed by atoms with van der Waals surface area (Å²) in [5.74, 6) is -14.3. The molecule has 6 aliphatic rings. The monoisotopic (exact) mass is 2040 g/mol. The maximum Gasteiger partial charge on any atom is 0.573 e. The van der Waals surface area contributed by atoms with Gasteiger partial charge in [0.15, 0.2) is 33.1 Å². The Morgan fingerprint density at radius 3 is 0.899 bits per heavy atom. The summed E-state index contributed by atoms with van der Waals surface area (Å²) in [7, 11) is -3.51. The number of hydrogen-bond acceptors (Lipinski definition) is 28. The molecule has 33 nitrogen and oxygen atoms in total. The lowest BCUT2D eigenvalue weighted by atomic mass is 9.94. The maximum atomic E-state index is 13.8. The number of aliphatic hydroxyl groups excluding tert-OH is 4. The number of halogens is 7. The number of alkyl halides is 7. The number of rotatable bonds is 21. The van der Waals surface area contributed by atoms with Crippen molar-refractivity contribution in [2.24, 2.45) is 0 Å². The lowest BCUT2D eigenvalue weighted by Gasteiger charge is -2.24. The fraction of sp³-hybridized carbons (Fsp3) is 0.234. The second-order valence-electron chi connectivity index (χ2n) is 36.0. The molecule has 6 aliphatic heterocycles. The lowest BCUT2D eigenvalue weighted by molar-refractivity contribution is -0.274. The molecule has 11 heterocycles. The van der Waals surface area contributed by atoms with E-state index >= 15 is 0 Å². The van der Waals surface area contributed by atoms with Crippen LogP contribution in [0.3, 0.4) is 0 Å². The van der Waals surface area contributed by atoms with E-state index in [0.717, 1.165) is 116 Å². The van der Waals surface area contributed by atoms with Gasteiger partial charge in [-0.2, -0.15) is 30.5 Å². The number of carbonyl (C=O) groups is 8. The molecule has 19 rings (SSSR count). The minimum Gasteiger partial charge on any atom is -0.507 e. The summed E-state index contributed by atoms with van der Waals surface area (Å²) in [6.07, 6.45) is 1.91. The largest absolute Gasteiger partial charge is 0.573 e. The van der Waals surface area contributed by atoms with Gasteiger partial charge in [0.1, 0.15) is 40.9 Å². The number of amides is 4. The number of aromatic amines is 1. The number of aryl methyl sites for hydroxylation is 4. The molecule has 0 aliphatic carbocycles. The molecule has 8 aromatic carbocycles. The van der Waals surface area contributed by atoms with Gasteiger partial charge in [-0.25, -0.2) is 31.1 Å². The number of ether oxygens (including phenoxy) is 2. The van der Waals surface area contributed by atoms with Gasteiger partial charge in [0, 0.05) is 91.0 Å². The summed E-state index contributed by atoms with van der Waals surface area (Å²) < 4.78 is 126. The van der Waals surface area contributed by atoms with Crippen LogP contribution in [0.1, 0.15) is 167 Å². The quantitative estimate of drug-likeness (QED) is 0.0193. The van der Waals surface area contributed by atoms with Crippen molar-refractivity contribution in [1.82, 2.24) is 56.0 Å². The molecule has 148 heavy (non-hydrogen) atoms. The third-order valence-corrected chi connectivity index (χ3v) is 26.4. The Morgan fingerprint density at radius 2 is 0.649 bits per heavy atom. The lowest BCUT2D eigenvalue weighted by Crippen LogP contribution is -2.30. The predicted octanol–water partition coefficient (Wildman–Crippen LogP) is 18.4. The highest BCUT2D eigenvalue weighted by atomic mass is 32.2. The zero-order chi connectivity index (χ0) is 106. The average molecular weight is 2040 g/mol. The highest BCUT2D eigenvalue weighted by Gasteiger charge is 2.53. The van der Waals surface area contributed by atoms with Gasteiger partial charge < -0.3 is 39.7 Å². The molecular weight excluding hydrogens is 1940 g/mol. The zero-order valence-corrected chi connectivity index (χ0v) is 81.4. The van der Waals surface area contributed by atoms with Gasteiger partial charge in [0.05, 0.1) is 74.1 Å². The van der Waals surface area contributed by atoms with Crippen LogP contribution < -0.4 is 38.9 Å². The van der Waals surface area contributed by atoms with Crippen molar-refractivity contribution in [3.05, 3.63) is 355 Å². The molecule has 5 aromatic heterocycles. The molecule has 13 aromatic rings. The van der Waals surface area contributed by atoms with E-state index in [9.17, 15) is 97.9 Å². The van der Waals surface area contributed by atoms with E-state index in [2.05, 4.69) is 84.4 Å². The first-order valence-corrected chi connectivity index (χ1v) is 48.3. The van der Waals surface area contributed by atoms with Gasteiger partial charge in [-0.05, 0) is 233 Å². The number of carbonyl (C=O) groups excluding carboxylic acids is 8. The number of hydrogen-bond donors (Lipinski definition) is 5. The Bertz CT molecular complexity index is 7470. The van der Waals surface area contributed by atoms with Gasteiger partial charge in [0.25, 0.3) is 35.0 Å². The number of H-pyrrole nitrogens is 1. The summed E-state index contributed by atoms with van der Waals surface area (Å²) in [5, 5.41) is 83.5. The molecule has 4 atom stereocenters. The number of aliphatic hydroxyl groups is 4. The van der Waals surface area contributed by atoms with E-state index in [-0.39, 0.29) is 95.8 Å². The summed E-state index contributed by atoms with van der Waals surface area (Å²) in [6.45, 7) is 16.4.